The number of aromatic amines is 1. The van der Waals surface area contributed by atoms with Gasteiger partial charge in [0.25, 0.3) is 5.91 Å². The summed E-state index contributed by atoms with van der Waals surface area (Å²) in [5, 5.41) is 3.04. The van der Waals surface area contributed by atoms with Crippen LogP contribution in [0.5, 0.6) is 0 Å². The van der Waals surface area contributed by atoms with Crippen molar-refractivity contribution in [2.24, 2.45) is 5.73 Å². The van der Waals surface area contributed by atoms with Gasteiger partial charge >= 0.3 is 0 Å². The number of rotatable bonds is 7. The van der Waals surface area contributed by atoms with Gasteiger partial charge in [0, 0.05) is 42.1 Å². The van der Waals surface area contributed by atoms with Gasteiger partial charge < -0.3 is 16.0 Å². The predicted molar refractivity (Wildman–Crippen MR) is 113 cm³/mol. The molecule has 0 aliphatic carbocycles. The monoisotopic (exact) mass is 430 g/mol. The van der Waals surface area contributed by atoms with Crippen molar-refractivity contribution in [3.63, 3.8) is 0 Å². The van der Waals surface area contributed by atoms with Crippen LogP contribution in [0.25, 0.3) is 10.9 Å². The van der Waals surface area contributed by atoms with Crippen molar-refractivity contribution < 1.29 is 13.2 Å². The summed E-state index contributed by atoms with van der Waals surface area (Å²) < 4.78 is 26.9. The van der Waals surface area contributed by atoms with Gasteiger partial charge in [-0.3, -0.25) is 9.59 Å². The van der Waals surface area contributed by atoms with Gasteiger partial charge in [0.05, 0.1) is 10.5 Å². The molecule has 2 aromatic rings. The average molecular weight is 431 g/mol. The topological polar surface area (TPSA) is 125 Å². The predicted octanol–water partition coefficient (Wildman–Crippen LogP) is 1.45. The molecule has 0 unspecified atom stereocenters. The summed E-state index contributed by atoms with van der Waals surface area (Å²) in [6, 6.07) is 5.50. The lowest BCUT2D eigenvalue weighted by molar-refractivity contribution is 0.0947. The highest BCUT2D eigenvalue weighted by Crippen LogP contribution is 2.22. The van der Waals surface area contributed by atoms with Gasteiger partial charge in [-0.2, -0.15) is 4.31 Å². The van der Waals surface area contributed by atoms with E-state index >= 15 is 0 Å². The normalized spacial score (nSPS) is 12.1. The zero-order valence-corrected chi connectivity index (χ0v) is 18.0. The van der Waals surface area contributed by atoms with E-state index in [0.717, 1.165) is 6.07 Å². The summed E-state index contributed by atoms with van der Waals surface area (Å²) in [6.07, 6.45) is 0. The Morgan fingerprint density at radius 3 is 2.36 bits per heavy atom. The Balaban J connectivity index is 0.00000392. The molecule has 0 bridgehead atoms. The molecule has 28 heavy (non-hydrogen) atoms. The van der Waals surface area contributed by atoms with Gasteiger partial charge in [0.1, 0.15) is 0 Å². The lowest BCUT2D eigenvalue weighted by Gasteiger charge is -2.20. The number of aromatic nitrogens is 1. The van der Waals surface area contributed by atoms with Crippen molar-refractivity contribution in [2.45, 2.75) is 38.1 Å². The fourth-order valence-electron chi connectivity index (χ4n) is 2.70. The van der Waals surface area contributed by atoms with Crippen molar-refractivity contribution in [3.05, 3.63) is 40.2 Å². The molecule has 1 heterocycles. The summed E-state index contributed by atoms with van der Waals surface area (Å²) >= 11 is 0. The number of amides is 1. The second-order valence-electron chi connectivity index (χ2n) is 7.02. The van der Waals surface area contributed by atoms with Crippen LogP contribution >= 0.6 is 12.4 Å². The molecule has 10 heteroatoms. The fourth-order valence-corrected chi connectivity index (χ4v) is 4.18. The summed E-state index contributed by atoms with van der Waals surface area (Å²) in [7, 11) is -3.69. The number of halogens is 1. The van der Waals surface area contributed by atoms with E-state index in [4.69, 9.17) is 5.73 Å². The van der Waals surface area contributed by atoms with Gasteiger partial charge in [0.2, 0.25) is 15.6 Å². The maximum Gasteiger partial charge on any atom is 0.252 e. The van der Waals surface area contributed by atoms with Crippen molar-refractivity contribution in [1.29, 1.82) is 0 Å². The highest BCUT2D eigenvalue weighted by molar-refractivity contribution is 7.89. The van der Waals surface area contributed by atoms with E-state index in [1.807, 2.05) is 0 Å². The highest BCUT2D eigenvalue weighted by atomic mass is 35.5. The third-order valence-electron chi connectivity index (χ3n) is 4.11. The van der Waals surface area contributed by atoms with Gasteiger partial charge in [-0.15, -0.1) is 12.4 Å². The van der Waals surface area contributed by atoms with Crippen molar-refractivity contribution >= 4 is 39.2 Å². The second-order valence-corrected chi connectivity index (χ2v) is 8.95. The first-order valence-corrected chi connectivity index (χ1v) is 10.2. The van der Waals surface area contributed by atoms with E-state index in [-0.39, 0.29) is 29.4 Å². The van der Waals surface area contributed by atoms with E-state index in [0.29, 0.717) is 24.0 Å². The summed E-state index contributed by atoms with van der Waals surface area (Å²) in [4.78, 5) is 27.2. The third kappa shape index (κ3) is 5.32. The van der Waals surface area contributed by atoms with Crippen LogP contribution in [0.3, 0.4) is 0 Å². The first kappa shape index (κ1) is 24.1. The molecule has 2 rings (SSSR count). The van der Waals surface area contributed by atoms with Crippen LogP contribution in [0.4, 0.5) is 0 Å². The Hall–Kier alpha value is -1.94. The van der Waals surface area contributed by atoms with E-state index in [1.54, 1.807) is 27.7 Å². The Bertz CT molecular complexity index is 1010. The lowest BCUT2D eigenvalue weighted by atomic mass is 10.1. The highest BCUT2D eigenvalue weighted by Gasteiger charge is 2.23. The number of hydrogen-bond donors (Lipinski definition) is 3. The lowest BCUT2D eigenvalue weighted by Crippen LogP contribution is -2.45. The molecular formula is C18H27ClN4O4S. The Kier molecular flexibility index (Phi) is 7.78. The number of H-pyrrole nitrogens is 1. The van der Waals surface area contributed by atoms with Crippen LogP contribution in [0.1, 0.15) is 38.1 Å². The van der Waals surface area contributed by atoms with Gasteiger partial charge in [-0.05, 0) is 32.0 Å². The molecule has 0 fully saturated rings. The average Bonchev–Trinajstić information content (AvgIpc) is 2.58. The second kappa shape index (κ2) is 9.04. The van der Waals surface area contributed by atoms with Crippen LogP contribution in [0.15, 0.2) is 34.0 Å². The molecular weight excluding hydrogens is 404 g/mol. The summed E-state index contributed by atoms with van der Waals surface area (Å²) in [5.41, 5.74) is 5.31. The Morgan fingerprint density at radius 2 is 1.82 bits per heavy atom. The molecule has 0 saturated carbocycles. The Labute approximate surface area is 171 Å². The van der Waals surface area contributed by atoms with Crippen LogP contribution < -0.4 is 16.6 Å². The third-order valence-corrected chi connectivity index (χ3v) is 6.15. The molecule has 0 radical (unpaired) electrons. The zero-order chi connectivity index (χ0) is 20.4. The van der Waals surface area contributed by atoms with Crippen LogP contribution in [0, 0.1) is 0 Å². The number of benzene rings is 1. The van der Waals surface area contributed by atoms with Crippen molar-refractivity contribution in [3.8, 4) is 0 Å². The van der Waals surface area contributed by atoms with E-state index in [2.05, 4.69) is 10.3 Å². The maximum absolute atomic E-state index is 12.8. The SMILES string of the molecule is CCN(CC)S(=O)(=O)c1ccc2[nH]c(=O)cc(C(=O)NCC(C)(C)N)c2c1.Cl. The number of hydrogen-bond acceptors (Lipinski definition) is 5. The minimum Gasteiger partial charge on any atom is -0.350 e. The number of nitrogens with zero attached hydrogens (tertiary/aromatic N) is 1. The number of pyridine rings is 1. The van der Waals surface area contributed by atoms with E-state index in [1.165, 1.54) is 22.5 Å². The molecule has 0 spiro atoms. The molecule has 0 aliphatic rings. The Morgan fingerprint density at radius 1 is 1.21 bits per heavy atom. The number of nitrogens with two attached hydrogens (primary N) is 1. The van der Waals surface area contributed by atoms with Gasteiger partial charge in [-0.25, -0.2) is 8.42 Å². The first-order valence-electron chi connectivity index (χ1n) is 8.74. The fraction of sp³-hybridized carbons (Fsp3) is 0.444. The maximum atomic E-state index is 12.8. The van der Waals surface area contributed by atoms with Crippen molar-refractivity contribution in [2.75, 3.05) is 19.6 Å². The zero-order valence-electron chi connectivity index (χ0n) is 16.4. The summed E-state index contributed by atoms with van der Waals surface area (Å²) in [5.74, 6) is -0.484. The minimum absolute atomic E-state index is 0. The molecule has 1 aromatic heterocycles. The van der Waals surface area contributed by atoms with Crippen LogP contribution in [0.2, 0.25) is 0 Å². The van der Waals surface area contributed by atoms with E-state index in [9.17, 15) is 18.0 Å². The molecule has 1 amide bonds. The van der Waals surface area contributed by atoms with Crippen molar-refractivity contribution in [1.82, 2.24) is 14.6 Å². The van der Waals surface area contributed by atoms with Crippen LogP contribution in [-0.4, -0.2) is 48.8 Å². The number of carbonyl (C=O) groups excluding carboxylic acids is 1. The molecule has 0 aliphatic heterocycles. The standard InChI is InChI=1S/C18H26N4O4S.ClH/c1-5-22(6-2)27(25,26)12-7-8-15-13(9-12)14(10-16(23)21-15)17(24)20-11-18(3,4)19;/h7-10H,5-6,11,19H2,1-4H3,(H,20,24)(H,21,23);1H. The smallest absolute Gasteiger partial charge is 0.252 e. The van der Waals surface area contributed by atoms with Crippen LogP contribution in [-0.2, 0) is 10.0 Å². The molecule has 4 N–H and O–H groups in total. The number of nitrogens with one attached hydrogen (secondary N) is 2. The van der Waals surface area contributed by atoms with Gasteiger partial charge in [0.15, 0.2) is 0 Å². The molecule has 1 aromatic carbocycles. The van der Waals surface area contributed by atoms with Gasteiger partial charge in [-0.1, -0.05) is 13.8 Å². The largest absolute Gasteiger partial charge is 0.350 e. The number of sulfonamides is 1. The minimum atomic E-state index is -3.69. The number of carbonyl (C=O) groups is 1. The molecule has 0 saturated heterocycles. The number of fused-ring (bicyclic) bond motifs is 1. The summed E-state index contributed by atoms with van der Waals surface area (Å²) in [6.45, 7) is 7.91. The van der Waals surface area contributed by atoms with E-state index < -0.39 is 27.0 Å². The molecule has 8 nitrogen and oxygen atoms in total. The molecule has 0 atom stereocenters. The first-order chi connectivity index (χ1) is 12.5. The quantitative estimate of drug-likeness (QED) is 0.612. The molecule has 156 valence electrons.